The molecule has 0 spiro atoms. The largest absolute Gasteiger partial charge is 0.352 e. The summed E-state index contributed by atoms with van der Waals surface area (Å²) in [6.45, 7) is 4.52. The van der Waals surface area contributed by atoms with Crippen LogP contribution in [0, 0.1) is 6.92 Å². The summed E-state index contributed by atoms with van der Waals surface area (Å²) in [5, 5.41) is 5.35. The number of aryl methyl sites for hydroxylation is 1. The number of amides is 1. The van der Waals surface area contributed by atoms with Gasteiger partial charge >= 0.3 is 0 Å². The molecule has 0 atom stereocenters. The zero-order valence-corrected chi connectivity index (χ0v) is 22.0. The normalized spacial score (nSPS) is 13.1. The molecule has 0 saturated heterocycles. The second kappa shape index (κ2) is 11.1. The van der Waals surface area contributed by atoms with E-state index in [-0.39, 0.29) is 11.5 Å². The lowest BCUT2D eigenvalue weighted by atomic mass is 10.0. The quantitative estimate of drug-likeness (QED) is 0.286. The van der Waals surface area contributed by atoms with Crippen molar-refractivity contribution in [3.8, 4) is 5.69 Å². The monoisotopic (exact) mass is 512 g/mol. The van der Waals surface area contributed by atoms with Gasteiger partial charge in [0.05, 0.1) is 18.0 Å². The Kier molecular flexibility index (Phi) is 7.48. The van der Waals surface area contributed by atoms with E-state index >= 15 is 0 Å². The van der Waals surface area contributed by atoms with Crippen molar-refractivity contribution in [1.82, 2.24) is 24.9 Å². The van der Waals surface area contributed by atoms with Crippen LogP contribution in [0.15, 0.2) is 65.5 Å². The summed E-state index contributed by atoms with van der Waals surface area (Å²) >= 11 is 0. The van der Waals surface area contributed by atoms with E-state index in [9.17, 15) is 9.59 Å². The Labute approximate surface area is 221 Å². The molecule has 0 saturated carbocycles. The van der Waals surface area contributed by atoms with E-state index in [2.05, 4.69) is 34.5 Å². The van der Waals surface area contributed by atoms with Gasteiger partial charge < -0.3 is 10.2 Å². The van der Waals surface area contributed by atoms with Crippen LogP contribution in [0.25, 0.3) is 16.7 Å². The zero-order chi connectivity index (χ0) is 26.6. The Morgan fingerprint density at radius 2 is 1.79 bits per heavy atom. The number of fused-ring (bicyclic) bond motifs is 2. The molecule has 5 rings (SSSR count). The number of pyridine rings is 1. The first-order chi connectivity index (χ1) is 18.4. The number of nitrogens with one attached hydrogen (secondary N) is 1. The third-order valence-electron chi connectivity index (χ3n) is 6.69. The van der Waals surface area contributed by atoms with E-state index in [0.29, 0.717) is 42.4 Å². The van der Waals surface area contributed by atoms with Crippen molar-refractivity contribution >= 4 is 22.9 Å². The molecule has 0 bridgehead atoms. The molecule has 9 nitrogen and oxygen atoms in total. The third kappa shape index (κ3) is 5.44. The van der Waals surface area contributed by atoms with Gasteiger partial charge in [0.2, 0.25) is 5.95 Å². The van der Waals surface area contributed by atoms with Crippen LogP contribution in [-0.2, 0) is 17.8 Å². The zero-order valence-electron chi connectivity index (χ0n) is 22.0. The number of aromatic nitrogens is 3. The minimum absolute atomic E-state index is 0.169. The van der Waals surface area contributed by atoms with Crippen molar-refractivity contribution in [2.75, 3.05) is 38.7 Å². The summed E-state index contributed by atoms with van der Waals surface area (Å²) in [4.78, 5) is 42.8. The van der Waals surface area contributed by atoms with Gasteiger partial charge in [-0.05, 0) is 61.2 Å². The molecule has 9 heteroatoms. The van der Waals surface area contributed by atoms with Crippen molar-refractivity contribution in [3.05, 3.63) is 93.4 Å². The van der Waals surface area contributed by atoms with E-state index in [4.69, 9.17) is 14.8 Å². The lowest BCUT2D eigenvalue weighted by Gasteiger charge is -2.29. The van der Waals surface area contributed by atoms with Crippen molar-refractivity contribution in [3.63, 3.8) is 0 Å². The summed E-state index contributed by atoms with van der Waals surface area (Å²) in [7, 11) is 3.64. The maximum Gasteiger partial charge on any atom is 0.256 e. The summed E-state index contributed by atoms with van der Waals surface area (Å²) in [6, 6.07) is 18.7. The van der Waals surface area contributed by atoms with Crippen molar-refractivity contribution in [2.45, 2.75) is 26.3 Å². The minimum atomic E-state index is -0.191. The second-order valence-electron chi connectivity index (χ2n) is 9.60. The van der Waals surface area contributed by atoms with Gasteiger partial charge in [0, 0.05) is 50.7 Å². The highest BCUT2D eigenvalue weighted by molar-refractivity contribution is 5.94. The van der Waals surface area contributed by atoms with Crippen LogP contribution in [0.2, 0.25) is 0 Å². The molecule has 0 fully saturated rings. The number of anilines is 1. The van der Waals surface area contributed by atoms with Crippen LogP contribution in [0.1, 0.15) is 33.6 Å². The molecule has 1 amide bonds. The number of carbonyl (C=O) groups is 1. The standard InChI is InChI=1S/C29H32N6O3/c1-20-25-13-14-26(36)35(24-11-9-22(10-12-24)28(37)30-16-6-18-38-33(2)3)27(25)32-29(31-20)34-17-15-21-7-4-5-8-23(21)19-34/h4-5,7-14H,6,15-19H2,1-3H3,(H,30,37). The molecular weight excluding hydrogens is 480 g/mol. The Morgan fingerprint density at radius 3 is 2.55 bits per heavy atom. The van der Waals surface area contributed by atoms with Crippen LogP contribution >= 0.6 is 0 Å². The maximum atomic E-state index is 13.1. The van der Waals surface area contributed by atoms with E-state index in [1.807, 2.05) is 21.0 Å². The first-order valence-electron chi connectivity index (χ1n) is 12.8. The number of hydroxylamine groups is 2. The Balaban J connectivity index is 1.40. The van der Waals surface area contributed by atoms with Crippen molar-refractivity contribution in [1.29, 1.82) is 0 Å². The predicted molar refractivity (Wildman–Crippen MR) is 148 cm³/mol. The molecule has 1 aliphatic heterocycles. The van der Waals surface area contributed by atoms with Crippen LogP contribution in [0.3, 0.4) is 0 Å². The van der Waals surface area contributed by atoms with Crippen molar-refractivity contribution in [2.24, 2.45) is 0 Å². The average molecular weight is 513 g/mol. The maximum absolute atomic E-state index is 13.1. The lowest BCUT2D eigenvalue weighted by molar-refractivity contribution is -0.119. The Morgan fingerprint density at radius 1 is 1.03 bits per heavy atom. The molecule has 0 unspecified atom stereocenters. The van der Waals surface area contributed by atoms with Gasteiger partial charge in [-0.25, -0.2) is 4.98 Å². The lowest BCUT2D eigenvalue weighted by Crippen LogP contribution is -2.32. The first kappa shape index (κ1) is 25.6. The third-order valence-corrected chi connectivity index (χ3v) is 6.69. The Bertz CT molecular complexity index is 1510. The number of hydrogen-bond acceptors (Lipinski definition) is 7. The van der Waals surface area contributed by atoms with Gasteiger partial charge in [0.15, 0.2) is 5.65 Å². The van der Waals surface area contributed by atoms with E-state index in [1.54, 1.807) is 40.0 Å². The van der Waals surface area contributed by atoms with Gasteiger partial charge in [-0.15, -0.1) is 0 Å². The van der Waals surface area contributed by atoms with Crippen LogP contribution in [-0.4, -0.2) is 59.3 Å². The number of carbonyl (C=O) groups excluding carboxylic acids is 1. The van der Waals surface area contributed by atoms with Crippen LogP contribution < -0.4 is 15.8 Å². The molecule has 0 radical (unpaired) electrons. The van der Waals surface area contributed by atoms with Gasteiger partial charge in [0.25, 0.3) is 11.5 Å². The molecule has 4 aromatic rings. The molecule has 1 N–H and O–H groups in total. The molecule has 2 aromatic carbocycles. The summed E-state index contributed by atoms with van der Waals surface area (Å²) in [5.41, 5.74) is 4.96. The Hall–Kier alpha value is -4.08. The van der Waals surface area contributed by atoms with Gasteiger partial charge in [-0.1, -0.05) is 24.3 Å². The number of rotatable bonds is 8. The van der Waals surface area contributed by atoms with Gasteiger partial charge in [0.1, 0.15) is 0 Å². The number of hydrogen-bond donors (Lipinski definition) is 1. The highest BCUT2D eigenvalue weighted by Gasteiger charge is 2.20. The molecule has 196 valence electrons. The molecule has 1 aliphatic rings. The van der Waals surface area contributed by atoms with Crippen LogP contribution in [0.5, 0.6) is 0 Å². The van der Waals surface area contributed by atoms with Gasteiger partial charge in [-0.2, -0.15) is 10.0 Å². The fourth-order valence-corrected chi connectivity index (χ4v) is 4.69. The molecule has 3 heterocycles. The summed E-state index contributed by atoms with van der Waals surface area (Å²) in [5.74, 6) is 0.440. The second-order valence-corrected chi connectivity index (χ2v) is 9.60. The minimum Gasteiger partial charge on any atom is -0.352 e. The van der Waals surface area contributed by atoms with E-state index in [1.165, 1.54) is 17.2 Å². The van der Waals surface area contributed by atoms with E-state index < -0.39 is 0 Å². The SMILES string of the molecule is Cc1nc(N2CCc3ccccc3C2)nc2c1ccc(=O)n2-c1ccc(C(=O)NCCCON(C)C)cc1. The average Bonchev–Trinajstić information content (AvgIpc) is 2.92. The number of benzene rings is 2. The summed E-state index contributed by atoms with van der Waals surface area (Å²) < 4.78 is 1.59. The molecule has 2 aromatic heterocycles. The number of nitrogens with zero attached hydrogens (tertiary/aromatic N) is 5. The fourth-order valence-electron chi connectivity index (χ4n) is 4.69. The molecular formula is C29H32N6O3. The predicted octanol–water partition coefficient (Wildman–Crippen LogP) is 3.26. The fraction of sp³-hybridized carbons (Fsp3) is 0.310. The van der Waals surface area contributed by atoms with E-state index in [0.717, 1.165) is 30.6 Å². The highest BCUT2D eigenvalue weighted by Crippen LogP contribution is 2.25. The smallest absolute Gasteiger partial charge is 0.256 e. The molecule has 38 heavy (non-hydrogen) atoms. The topological polar surface area (TPSA) is 92.6 Å². The first-order valence-corrected chi connectivity index (χ1v) is 12.8. The van der Waals surface area contributed by atoms with Gasteiger partial charge in [-0.3, -0.25) is 19.0 Å². The highest BCUT2D eigenvalue weighted by atomic mass is 16.7. The summed E-state index contributed by atoms with van der Waals surface area (Å²) in [6.07, 6.45) is 1.63. The van der Waals surface area contributed by atoms with Crippen molar-refractivity contribution < 1.29 is 9.63 Å². The molecule has 0 aliphatic carbocycles. The van der Waals surface area contributed by atoms with Crippen LogP contribution in [0.4, 0.5) is 5.95 Å².